The van der Waals surface area contributed by atoms with Crippen molar-refractivity contribution in [3.8, 4) is 5.88 Å². The minimum absolute atomic E-state index is 0.212. The number of nitrogens with one attached hydrogen (secondary N) is 1. The Labute approximate surface area is 127 Å². The van der Waals surface area contributed by atoms with E-state index in [1.807, 2.05) is 0 Å². The largest absolute Gasteiger partial charge is 0.480 e. The minimum Gasteiger partial charge on any atom is -0.480 e. The fraction of sp³-hybridized carbons (Fsp3) is 0.250. The molecule has 2 atom stereocenters. The van der Waals surface area contributed by atoms with Crippen molar-refractivity contribution in [2.45, 2.75) is 19.1 Å². The van der Waals surface area contributed by atoms with Crippen LogP contribution in [0.5, 0.6) is 5.88 Å². The number of aliphatic hydroxyl groups excluding tert-OH is 1. The summed E-state index contributed by atoms with van der Waals surface area (Å²) in [7, 11) is 1.43. The minimum atomic E-state index is -0.952. The lowest BCUT2D eigenvalue weighted by atomic mass is 10.0. The Balaban J connectivity index is 2.09. The maximum absolute atomic E-state index is 12.9. The van der Waals surface area contributed by atoms with E-state index in [9.17, 15) is 14.3 Å². The highest BCUT2D eigenvalue weighted by molar-refractivity contribution is 5.96. The van der Waals surface area contributed by atoms with E-state index in [1.165, 1.54) is 37.6 Å². The van der Waals surface area contributed by atoms with Crippen molar-refractivity contribution in [3.05, 3.63) is 59.5 Å². The van der Waals surface area contributed by atoms with Crippen LogP contribution >= 0.6 is 0 Å². The second-order valence-electron chi connectivity index (χ2n) is 4.82. The quantitative estimate of drug-likeness (QED) is 0.887. The maximum atomic E-state index is 12.9. The van der Waals surface area contributed by atoms with Crippen molar-refractivity contribution in [2.75, 3.05) is 7.11 Å². The summed E-state index contributed by atoms with van der Waals surface area (Å²) in [6.45, 7) is 1.66. The Bertz CT molecular complexity index is 646. The lowest BCUT2D eigenvalue weighted by Gasteiger charge is -2.21. The molecule has 0 spiro atoms. The van der Waals surface area contributed by atoms with Gasteiger partial charge in [-0.25, -0.2) is 9.37 Å². The summed E-state index contributed by atoms with van der Waals surface area (Å²) < 4.78 is 17.9. The van der Waals surface area contributed by atoms with Gasteiger partial charge in [-0.15, -0.1) is 0 Å². The van der Waals surface area contributed by atoms with E-state index in [1.54, 1.807) is 19.1 Å². The molecule has 0 aliphatic heterocycles. The van der Waals surface area contributed by atoms with Crippen molar-refractivity contribution in [1.29, 1.82) is 0 Å². The molecule has 0 radical (unpaired) electrons. The smallest absolute Gasteiger partial charge is 0.257 e. The van der Waals surface area contributed by atoms with Gasteiger partial charge in [0.15, 0.2) is 0 Å². The molecule has 0 saturated heterocycles. The van der Waals surface area contributed by atoms with Crippen LogP contribution in [0, 0.1) is 5.82 Å². The molecule has 0 aliphatic rings. The molecule has 1 heterocycles. The van der Waals surface area contributed by atoms with Gasteiger partial charge in [0, 0.05) is 6.20 Å². The highest BCUT2D eigenvalue weighted by atomic mass is 19.1. The van der Waals surface area contributed by atoms with Crippen molar-refractivity contribution >= 4 is 5.91 Å². The van der Waals surface area contributed by atoms with E-state index in [4.69, 9.17) is 4.74 Å². The number of rotatable bonds is 5. The molecule has 0 bridgehead atoms. The van der Waals surface area contributed by atoms with E-state index in [-0.39, 0.29) is 17.3 Å². The molecule has 1 aromatic carbocycles. The van der Waals surface area contributed by atoms with Gasteiger partial charge in [-0.1, -0.05) is 12.1 Å². The number of amides is 1. The number of hydrogen-bond donors (Lipinski definition) is 2. The summed E-state index contributed by atoms with van der Waals surface area (Å²) >= 11 is 0. The van der Waals surface area contributed by atoms with E-state index >= 15 is 0 Å². The second kappa shape index (κ2) is 7.00. The van der Waals surface area contributed by atoms with Gasteiger partial charge in [-0.3, -0.25) is 4.79 Å². The number of benzene rings is 1. The van der Waals surface area contributed by atoms with E-state index in [2.05, 4.69) is 10.3 Å². The Morgan fingerprint density at radius 3 is 2.64 bits per heavy atom. The molecule has 2 aromatic rings. The number of carbonyl (C=O) groups is 1. The highest BCUT2D eigenvalue weighted by Crippen LogP contribution is 2.19. The topological polar surface area (TPSA) is 71.5 Å². The number of nitrogens with zero attached hydrogens (tertiary/aromatic N) is 1. The van der Waals surface area contributed by atoms with Crippen molar-refractivity contribution < 1.29 is 19.0 Å². The van der Waals surface area contributed by atoms with Crippen LogP contribution in [0.2, 0.25) is 0 Å². The third-order valence-electron chi connectivity index (χ3n) is 3.25. The van der Waals surface area contributed by atoms with E-state index in [0.29, 0.717) is 5.56 Å². The zero-order valence-corrected chi connectivity index (χ0v) is 12.3. The van der Waals surface area contributed by atoms with Gasteiger partial charge in [0.1, 0.15) is 11.4 Å². The molecule has 2 rings (SSSR count). The zero-order chi connectivity index (χ0) is 16.1. The summed E-state index contributed by atoms with van der Waals surface area (Å²) in [6.07, 6.45) is 0.569. The molecule has 5 nitrogen and oxygen atoms in total. The standard InChI is InChI=1S/C16H17FN2O3/c1-10(14(20)11-5-7-12(17)8-6-11)19-15(21)13-4-3-9-18-16(13)22-2/h3-10,14,20H,1-2H3,(H,19,21). The molecular weight excluding hydrogens is 287 g/mol. The van der Waals surface area contributed by atoms with Crippen LogP contribution in [0.15, 0.2) is 42.6 Å². The average Bonchev–Trinajstić information content (AvgIpc) is 2.54. The predicted octanol–water partition coefficient (Wildman–Crippen LogP) is 2.08. The molecular formula is C16H17FN2O3. The first-order valence-electron chi connectivity index (χ1n) is 6.76. The number of hydrogen-bond acceptors (Lipinski definition) is 4. The van der Waals surface area contributed by atoms with Gasteiger partial charge in [0.05, 0.1) is 19.3 Å². The van der Waals surface area contributed by atoms with E-state index in [0.717, 1.165) is 0 Å². The van der Waals surface area contributed by atoms with Crippen LogP contribution in [0.1, 0.15) is 28.9 Å². The van der Waals surface area contributed by atoms with Crippen LogP contribution in [-0.4, -0.2) is 29.1 Å². The Hall–Kier alpha value is -2.47. The fourth-order valence-electron chi connectivity index (χ4n) is 2.04. The third-order valence-corrected chi connectivity index (χ3v) is 3.25. The summed E-state index contributed by atoms with van der Waals surface area (Å²) in [5.74, 6) is -0.574. The summed E-state index contributed by atoms with van der Waals surface area (Å²) in [6, 6.07) is 8.12. The number of pyridine rings is 1. The number of aliphatic hydroxyl groups is 1. The van der Waals surface area contributed by atoms with Crippen LogP contribution < -0.4 is 10.1 Å². The fourth-order valence-corrected chi connectivity index (χ4v) is 2.04. The van der Waals surface area contributed by atoms with E-state index < -0.39 is 18.1 Å². The second-order valence-corrected chi connectivity index (χ2v) is 4.82. The van der Waals surface area contributed by atoms with Crippen LogP contribution in [0.25, 0.3) is 0 Å². The van der Waals surface area contributed by atoms with Crippen molar-refractivity contribution in [3.63, 3.8) is 0 Å². The molecule has 0 saturated carbocycles. The Morgan fingerprint density at radius 1 is 1.32 bits per heavy atom. The molecule has 1 aromatic heterocycles. The molecule has 1 amide bonds. The normalized spacial score (nSPS) is 13.3. The summed E-state index contributed by atoms with van der Waals surface area (Å²) in [4.78, 5) is 16.2. The number of aromatic nitrogens is 1. The Kier molecular flexibility index (Phi) is 5.06. The first kappa shape index (κ1) is 15.9. The molecule has 116 valence electrons. The van der Waals surface area contributed by atoms with Gasteiger partial charge >= 0.3 is 0 Å². The molecule has 22 heavy (non-hydrogen) atoms. The lowest BCUT2D eigenvalue weighted by molar-refractivity contribution is 0.0848. The Morgan fingerprint density at radius 2 is 2.00 bits per heavy atom. The number of methoxy groups -OCH3 is 1. The van der Waals surface area contributed by atoms with Gasteiger partial charge < -0.3 is 15.2 Å². The lowest BCUT2D eigenvalue weighted by Crippen LogP contribution is -2.37. The van der Waals surface area contributed by atoms with Crippen molar-refractivity contribution in [2.24, 2.45) is 0 Å². The van der Waals surface area contributed by atoms with Gasteiger partial charge in [-0.05, 0) is 36.8 Å². The van der Waals surface area contributed by atoms with Crippen LogP contribution in [-0.2, 0) is 0 Å². The molecule has 0 aliphatic carbocycles. The predicted molar refractivity (Wildman–Crippen MR) is 79.1 cm³/mol. The van der Waals surface area contributed by atoms with Gasteiger partial charge in [0.25, 0.3) is 5.91 Å². The summed E-state index contributed by atoms with van der Waals surface area (Å²) in [5.41, 5.74) is 0.801. The molecule has 0 fully saturated rings. The maximum Gasteiger partial charge on any atom is 0.257 e. The number of halogens is 1. The average molecular weight is 304 g/mol. The van der Waals surface area contributed by atoms with Crippen LogP contribution in [0.3, 0.4) is 0 Å². The molecule has 2 N–H and O–H groups in total. The molecule has 2 unspecified atom stereocenters. The first-order chi connectivity index (χ1) is 10.5. The van der Waals surface area contributed by atoms with Gasteiger partial charge in [-0.2, -0.15) is 0 Å². The highest BCUT2D eigenvalue weighted by Gasteiger charge is 2.21. The molecule has 6 heteroatoms. The van der Waals surface area contributed by atoms with Gasteiger partial charge in [0.2, 0.25) is 5.88 Å². The van der Waals surface area contributed by atoms with Crippen LogP contribution in [0.4, 0.5) is 4.39 Å². The SMILES string of the molecule is COc1ncccc1C(=O)NC(C)C(O)c1ccc(F)cc1. The number of carbonyl (C=O) groups excluding carboxylic acids is 1. The monoisotopic (exact) mass is 304 g/mol. The zero-order valence-electron chi connectivity index (χ0n) is 12.3. The summed E-state index contributed by atoms with van der Waals surface area (Å²) in [5, 5.41) is 12.9. The first-order valence-corrected chi connectivity index (χ1v) is 6.76. The number of ether oxygens (including phenoxy) is 1. The van der Waals surface area contributed by atoms with Crippen molar-refractivity contribution in [1.82, 2.24) is 10.3 Å². The third kappa shape index (κ3) is 3.59.